The molecule has 0 aliphatic carbocycles. The number of hydrogen-bond donors (Lipinski definition) is 4. The Bertz CT molecular complexity index is 1180. The minimum absolute atomic E-state index is 0.0304. The van der Waals surface area contributed by atoms with Crippen LogP contribution in [0.4, 0.5) is 35.7 Å². The molecule has 0 fully saturated rings. The summed E-state index contributed by atoms with van der Waals surface area (Å²) in [4.78, 5) is 31.9. The number of halogens is 3. The van der Waals surface area contributed by atoms with Crippen molar-refractivity contribution in [2.45, 2.75) is 32.2 Å². The van der Waals surface area contributed by atoms with Gasteiger partial charge in [-0.1, -0.05) is 6.07 Å². The lowest BCUT2D eigenvalue weighted by atomic mass is 10.1. The molecule has 1 amide bonds. The Kier molecular flexibility index (Phi) is 7.64. The average molecular weight is 492 g/mol. The molecule has 0 aromatic carbocycles. The minimum Gasteiger partial charge on any atom is -0.453 e. The first kappa shape index (κ1) is 25.6. The fraction of sp³-hybridized carbons (Fsp3) is 0.333. The molecule has 11 nitrogen and oxygen atoms in total. The monoisotopic (exact) mass is 492 g/mol. The summed E-state index contributed by atoms with van der Waals surface area (Å²) in [7, 11) is 1.21. The number of anilines is 3. The van der Waals surface area contributed by atoms with Crippen LogP contribution in [0.15, 0.2) is 36.5 Å². The highest BCUT2D eigenvalue weighted by Gasteiger charge is 2.32. The molecule has 3 aromatic heterocycles. The van der Waals surface area contributed by atoms with E-state index in [1.165, 1.54) is 19.2 Å². The molecule has 3 rings (SSSR count). The van der Waals surface area contributed by atoms with Crippen molar-refractivity contribution < 1.29 is 27.8 Å². The Balaban J connectivity index is 1.89. The highest BCUT2D eigenvalue weighted by molar-refractivity contribution is 5.83. The zero-order valence-electron chi connectivity index (χ0n) is 19.0. The Morgan fingerprint density at radius 1 is 1.06 bits per heavy atom. The van der Waals surface area contributed by atoms with Crippen LogP contribution in [0.2, 0.25) is 0 Å². The van der Waals surface area contributed by atoms with Gasteiger partial charge in [0.2, 0.25) is 11.9 Å². The Morgan fingerprint density at radius 2 is 1.77 bits per heavy atom. The number of amides is 1. The van der Waals surface area contributed by atoms with Crippen molar-refractivity contribution >= 4 is 23.8 Å². The van der Waals surface area contributed by atoms with Gasteiger partial charge in [0.15, 0.2) is 5.82 Å². The van der Waals surface area contributed by atoms with Gasteiger partial charge in [-0.25, -0.2) is 9.78 Å². The molecule has 0 unspecified atom stereocenters. The van der Waals surface area contributed by atoms with Crippen LogP contribution >= 0.6 is 0 Å². The third-order valence-corrected chi connectivity index (χ3v) is 4.27. The summed E-state index contributed by atoms with van der Waals surface area (Å²) >= 11 is 0. The van der Waals surface area contributed by atoms with Gasteiger partial charge in [-0.3, -0.25) is 10.3 Å². The summed E-state index contributed by atoms with van der Waals surface area (Å²) in [5, 5.41) is 18.2. The van der Waals surface area contributed by atoms with Crippen molar-refractivity contribution in [3.8, 4) is 11.5 Å². The van der Waals surface area contributed by atoms with E-state index < -0.39 is 23.6 Å². The smallest absolute Gasteiger partial charge is 0.433 e. The van der Waals surface area contributed by atoms with Gasteiger partial charge in [0.25, 0.3) is 0 Å². The molecule has 0 bridgehead atoms. The second-order valence-electron chi connectivity index (χ2n) is 7.90. The maximum Gasteiger partial charge on any atom is 0.433 e. The van der Waals surface area contributed by atoms with Gasteiger partial charge in [0.1, 0.15) is 17.2 Å². The lowest BCUT2D eigenvalue weighted by Gasteiger charge is -2.18. The van der Waals surface area contributed by atoms with E-state index in [4.69, 9.17) is 0 Å². The molecule has 0 radical (unpaired) electrons. The number of carbonyl (C=O) groups excluding carboxylic acids is 1. The number of rotatable bonds is 8. The van der Waals surface area contributed by atoms with Crippen LogP contribution in [-0.4, -0.2) is 55.4 Å². The van der Waals surface area contributed by atoms with Crippen LogP contribution in [0.1, 0.15) is 25.1 Å². The molecule has 3 heterocycles. The van der Waals surface area contributed by atoms with Gasteiger partial charge < -0.3 is 20.5 Å². The lowest BCUT2D eigenvalue weighted by Crippen LogP contribution is -2.30. The maximum atomic E-state index is 13.0. The first-order valence-electron chi connectivity index (χ1n) is 10.2. The largest absolute Gasteiger partial charge is 0.453 e. The van der Waals surface area contributed by atoms with Crippen LogP contribution in [0, 0.1) is 0 Å². The Morgan fingerprint density at radius 3 is 2.43 bits per heavy atom. The first-order chi connectivity index (χ1) is 16.4. The maximum absolute atomic E-state index is 13.0. The van der Waals surface area contributed by atoms with Crippen molar-refractivity contribution in [1.29, 1.82) is 0 Å². The molecular weight excluding hydrogens is 469 g/mol. The summed E-state index contributed by atoms with van der Waals surface area (Å²) in [6, 6.07) is 7.10. The summed E-state index contributed by atoms with van der Waals surface area (Å²) < 4.78 is 43.4. The van der Waals surface area contributed by atoms with Crippen LogP contribution in [-0.2, 0) is 17.5 Å². The Labute approximate surface area is 198 Å². The SMILES string of the molecule is COC(=O)Nc1cccc(-c2nc(NCc3ccnc(C(F)(F)F)c3)nc(NCC(C)(C)O)n2)n1. The second-order valence-corrected chi connectivity index (χ2v) is 7.90. The summed E-state index contributed by atoms with van der Waals surface area (Å²) in [6.45, 7) is 3.25. The van der Waals surface area contributed by atoms with Gasteiger partial charge >= 0.3 is 12.3 Å². The third-order valence-electron chi connectivity index (χ3n) is 4.27. The Hall–Kier alpha value is -4.07. The molecule has 35 heavy (non-hydrogen) atoms. The molecule has 14 heteroatoms. The normalized spacial score (nSPS) is 11.6. The number of pyridine rings is 2. The summed E-state index contributed by atoms with van der Waals surface area (Å²) in [6.07, 6.45) is -4.21. The van der Waals surface area contributed by atoms with Crippen molar-refractivity contribution in [1.82, 2.24) is 24.9 Å². The molecule has 0 spiro atoms. The van der Waals surface area contributed by atoms with Gasteiger partial charge in [0, 0.05) is 19.3 Å². The number of alkyl halides is 3. The molecule has 3 aromatic rings. The van der Waals surface area contributed by atoms with E-state index in [1.807, 2.05) is 0 Å². The fourth-order valence-electron chi connectivity index (χ4n) is 2.65. The number of methoxy groups -OCH3 is 1. The average Bonchev–Trinajstić information content (AvgIpc) is 2.80. The van der Waals surface area contributed by atoms with Crippen molar-refractivity contribution in [2.24, 2.45) is 0 Å². The van der Waals surface area contributed by atoms with Crippen LogP contribution < -0.4 is 16.0 Å². The number of nitrogens with zero attached hydrogens (tertiary/aromatic N) is 5. The quantitative estimate of drug-likeness (QED) is 0.369. The van der Waals surface area contributed by atoms with Gasteiger partial charge in [-0.15, -0.1) is 0 Å². The number of carbonyl (C=O) groups is 1. The van der Waals surface area contributed by atoms with E-state index in [9.17, 15) is 23.1 Å². The van der Waals surface area contributed by atoms with Gasteiger partial charge in [-0.05, 0) is 43.7 Å². The number of nitrogens with one attached hydrogen (secondary N) is 3. The standard InChI is InChI=1S/C21H23F3N8O3/c1-20(2,34)11-27-18-31-16(13-5-4-6-15(28-13)29-19(33)35-3)30-17(32-18)26-10-12-7-8-25-14(9-12)21(22,23)24/h4-9,34H,10-11H2,1-3H3,(H,28,29,33)(H2,26,27,30,31,32). The predicted octanol–water partition coefficient (Wildman–Crippen LogP) is 3.32. The molecule has 0 saturated carbocycles. The fourth-order valence-corrected chi connectivity index (χ4v) is 2.65. The van der Waals surface area contributed by atoms with E-state index in [0.29, 0.717) is 5.56 Å². The minimum atomic E-state index is -4.57. The third kappa shape index (κ3) is 7.74. The van der Waals surface area contributed by atoms with Crippen molar-refractivity contribution in [3.05, 3.63) is 47.8 Å². The lowest BCUT2D eigenvalue weighted by molar-refractivity contribution is -0.141. The highest BCUT2D eigenvalue weighted by Crippen LogP contribution is 2.28. The zero-order chi connectivity index (χ0) is 25.6. The molecule has 4 N–H and O–H groups in total. The summed E-state index contributed by atoms with van der Waals surface area (Å²) in [5.74, 6) is 0.442. The number of aromatic nitrogens is 5. The van der Waals surface area contributed by atoms with E-state index in [1.54, 1.807) is 26.0 Å². The van der Waals surface area contributed by atoms with E-state index >= 15 is 0 Å². The highest BCUT2D eigenvalue weighted by atomic mass is 19.4. The van der Waals surface area contributed by atoms with E-state index in [-0.39, 0.29) is 42.3 Å². The van der Waals surface area contributed by atoms with Crippen LogP contribution in [0.25, 0.3) is 11.5 Å². The second kappa shape index (κ2) is 10.5. The number of aliphatic hydroxyl groups is 1. The predicted molar refractivity (Wildman–Crippen MR) is 120 cm³/mol. The molecule has 0 aliphatic heterocycles. The van der Waals surface area contributed by atoms with E-state index in [2.05, 4.69) is 45.6 Å². The van der Waals surface area contributed by atoms with Gasteiger partial charge in [-0.2, -0.15) is 28.1 Å². The first-order valence-corrected chi connectivity index (χ1v) is 10.2. The molecule has 186 valence electrons. The molecule has 0 aliphatic rings. The molecule has 0 atom stereocenters. The number of ether oxygens (including phenoxy) is 1. The zero-order valence-corrected chi connectivity index (χ0v) is 19.0. The molecule has 0 saturated heterocycles. The van der Waals surface area contributed by atoms with Crippen LogP contribution in [0.3, 0.4) is 0 Å². The van der Waals surface area contributed by atoms with Crippen LogP contribution in [0.5, 0.6) is 0 Å². The summed E-state index contributed by atoms with van der Waals surface area (Å²) in [5.41, 5.74) is -1.50. The topological polar surface area (TPSA) is 147 Å². The van der Waals surface area contributed by atoms with Gasteiger partial charge in [0.05, 0.1) is 12.7 Å². The van der Waals surface area contributed by atoms with Crippen molar-refractivity contribution in [2.75, 3.05) is 29.6 Å². The molecular formula is C21H23F3N8O3. The van der Waals surface area contributed by atoms with Crippen molar-refractivity contribution in [3.63, 3.8) is 0 Å². The number of hydrogen-bond acceptors (Lipinski definition) is 10. The van der Waals surface area contributed by atoms with E-state index in [0.717, 1.165) is 12.3 Å².